The van der Waals surface area contributed by atoms with Crippen molar-refractivity contribution in [1.29, 1.82) is 0 Å². The van der Waals surface area contributed by atoms with E-state index in [0.717, 1.165) is 10.0 Å². The number of alkyl halides is 3. The summed E-state index contributed by atoms with van der Waals surface area (Å²) in [6, 6.07) is 5.56. The molecule has 0 amide bonds. The Labute approximate surface area is 118 Å². The highest BCUT2D eigenvalue weighted by atomic mass is 79.9. The van der Waals surface area contributed by atoms with Crippen molar-refractivity contribution in [2.75, 3.05) is 6.54 Å². The van der Waals surface area contributed by atoms with Crippen LogP contribution in [0.2, 0.25) is 5.02 Å². The van der Waals surface area contributed by atoms with Gasteiger partial charge in [0.05, 0.1) is 5.02 Å². The maximum atomic E-state index is 11.9. The van der Waals surface area contributed by atoms with Crippen LogP contribution in [0.3, 0.4) is 0 Å². The molecule has 102 valence electrons. The molecular weight excluding hydrogens is 330 g/mol. The zero-order valence-corrected chi connectivity index (χ0v) is 12.0. The third-order valence-electron chi connectivity index (χ3n) is 2.38. The molecule has 0 bridgehead atoms. The minimum Gasteiger partial charge on any atom is -0.313 e. The van der Waals surface area contributed by atoms with Gasteiger partial charge in [0, 0.05) is 17.4 Å². The lowest BCUT2D eigenvalue weighted by atomic mass is 10.2. The molecule has 0 saturated carbocycles. The van der Waals surface area contributed by atoms with Gasteiger partial charge in [-0.05, 0) is 53.0 Å². The highest BCUT2D eigenvalue weighted by Crippen LogP contribution is 2.23. The molecule has 1 aromatic carbocycles. The minimum absolute atomic E-state index is 0.167. The summed E-state index contributed by atoms with van der Waals surface area (Å²) >= 11 is 9.17. The van der Waals surface area contributed by atoms with Gasteiger partial charge in [0.2, 0.25) is 0 Å². The molecule has 0 fully saturated rings. The highest BCUT2D eigenvalue weighted by Gasteiger charge is 2.25. The molecule has 6 heteroatoms. The monoisotopic (exact) mass is 343 g/mol. The van der Waals surface area contributed by atoms with Crippen LogP contribution in [0.25, 0.3) is 0 Å². The summed E-state index contributed by atoms with van der Waals surface area (Å²) in [6.07, 6.45) is -4.06. The first-order valence-corrected chi connectivity index (χ1v) is 6.77. The van der Waals surface area contributed by atoms with Crippen LogP contribution in [0.4, 0.5) is 13.2 Å². The van der Waals surface area contributed by atoms with E-state index in [4.69, 9.17) is 11.6 Å². The summed E-state index contributed by atoms with van der Waals surface area (Å²) in [5.74, 6) is 0. The van der Waals surface area contributed by atoms with Gasteiger partial charge in [0.1, 0.15) is 0 Å². The molecule has 0 saturated heterocycles. The Kier molecular flexibility index (Phi) is 6.46. The van der Waals surface area contributed by atoms with Gasteiger partial charge in [-0.3, -0.25) is 0 Å². The van der Waals surface area contributed by atoms with Crippen LogP contribution in [0.15, 0.2) is 22.7 Å². The first-order chi connectivity index (χ1) is 8.38. The molecule has 0 atom stereocenters. The number of unbranched alkanes of at least 4 members (excludes halogenated alkanes) is 1. The van der Waals surface area contributed by atoms with Crippen molar-refractivity contribution >= 4 is 27.5 Å². The molecule has 18 heavy (non-hydrogen) atoms. The first-order valence-electron chi connectivity index (χ1n) is 5.60. The smallest absolute Gasteiger partial charge is 0.313 e. The van der Waals surface area contributed by atoms with Crippen molar-refractivity contribution in [3.05, 3.63) is 33.3 Å². The lowest BCUT2D eigenvalue weighted by Crippen LogP contribution is -2.15. The normalized spacial score (nSPS) is 11.8. The summed E-state index contributed by atoms with van der Waals surface area (Å²) < 4.78 is 36.4. The number of hydrogen-bond donors (Lipinski definition) is 1. The number of rotatable bonds is 6. The van der Waals surface area contributed by atoms with E-state index in [1.54, 1.807) is 6.07 Å². The van der Waals surface area contributed by atoms with E-state index in [2.05, 4.69) is 21.2 Å². The maximum Gasteiger partial charge on any atom is 0.389 e. The molecule has 1 nitrogen and oxygen atoms in total. The van der Waals surface area contributed by atoms with Crippen molar-refractivity contribution in [3.63, 3.8) is 0 Å². The zero-order valence-electron chi connectivity index (χ0n) is 9.66. The van der Waals surface area contributed by atoms with Crippen LogP contribution in [0, 0.1) is 0 Å². The van der Waals surface area contributed by atoms with E-state index in [9.17, 15) is 13.2 Å². The van der Waals surface area contributed by atoms with Crippen LogP contribution >= 0.6 is 27.5 Å². The van der Waals surface area contributed by atoms with Crippen LogP contribution in [0.5, 0.6) is 0 Å². The molecule has 0 aliphatic rings. The van der Waals surface area contributed by atoms with Gasteiger partial charge in [-0.1, -0.05) is 17.7 Å². The Morgan fingerprint density at radius 1 is 1.22 bits per heavy atom. The Morgan fingerprint density at radius 3 is 2.56 bits per heavy atom. The van der Waals surface area contributed by atoms with Crippen molar-refractivity contribution < 1.29 is 13.2 Å². The Morgan fingerprint density at radius 2 is 1.94 bits per heavy atom. The molecule has 0 radical (unpaired) electrons. The molecule has 0 unspecified atom stereocenters. The largest absolute Gasteiger partial charge is 0.389 e. The third-order valence-corrected chi connectivity index (χ3v) is 3.59. The molecule has 0 spiro atoms. The fraction of sp³-hybridized carbons (Fsp3) is 0.500. The molecule has 1 N–H and O–H groups in total. The summed E-state index contributed by atoms with van der Waals surface area (Å²) in [7, 11) is 0. The second kappa shape index (κ2) is 7.36. The maximum absolute atomic E-state index is 11.9. The molecule has 0 aromatic heterocycles. The molecule has 1 rings (SSSR count). The predicted molar refractivity (Wildman–Crippen MR) is 70.8 cm³/mol. The lowest BCUT2D eigenvalue weighted by molar-refractivity contribution is -0.135. The minimum atomic E-state index is -4.04. The fourth-order valence-electron chi connectivity index (χ4n) is 1.46. The number of benzene rings is 1. The molecule has 0 heterocycles. The quantitative estimate of drug-likeness (QED) is 0.722. The Hall–Kier alpha value is -0.260. The van der Waals surface area contributed by atoms with Gasteiger partial charge in [-0.25, -0.2) is 0 Å². The van der Waals surface area contributed by atoms with Gasteiger partial charge in [0.25, 0.3) is 0 Å². The number of nitrogens with one attached hydrogen (secondary N) is 1. The number of halogens is 5. The summed E-state index contributed by atoms with van der Waals surface area (Å²) in [5, 5.41) is 3.75. The zero-order chi connectivity index (χ0) is 13.6. The predicted octanol–water partition coefficient (Wildman–Crippen LogP) is 4.92. The van der Waals surface area contributed by atoms with E-state index < -0.39 is 12.6 Å². The van der Waals surface area contributed by atoms with E-state index in [0.29, 0.717) is 24.5 Å². The summed E-state index contributed by atoms with van der Waals surface area (Å²) in [4.78, 5) is 0. The van der Waals surface area contributed by atoms with Crippen molar-refractivity contribution in [2.24, 2.45) is 0 Å². The van der Waals surface area contributed by atoms with Gasteiger partial charge in [-0.15, -0.1) is 0 Å². The summed E-state index contributed by atoms with van der Waals surface area (Å²) in [6.45, 7) is 1.21. The highest BCUT2D eigenvalue weighted by molar-refractivity contribution is 9.10. The Balaban J connectivity index is 2.16. The number of hydrogen-bond acceptors (Lipinski definition) is 1. The van der Waals surface area contributed by atoms with E-state index in [-0.39, 0.29) is 6.42 Å². The van der Waals surface area contributed by atoms with E-state index in [1.807, 2.05) is 12.1 Å². The van der Waals surface area contributed by atoms with Gasteiger partial charge in [-0.2, -0.15) is 13.2 Å². The molecule has 0 aliphatic heterocycles. The molecule has 0 aliphatic carbocycles. The van der Waals surface area contributed by atoms with Gasteiger partial charge >= 0.3 is 6.18 Å². The second-order valence-electron chi connectivity index (χ2n) is 4.00. The van der Waals surface area contributed by atoms with Crippen molar-refractivity contribution in [1.82, 2.24) is 5.32 Å². The molecular formula is C12H14BrClF3N. The van der Waals surface area contributed by atoms with Crippen LogP contribution in [-0.2, 0) is 6.54 Å². The van der Waals surface area contributed by atoms with Crippen LogP contribution < -0.4 is 5.32 Å². The fourth-order valence-corrected chi connectivity index (χ4v) is 2.00. The topological polar surface area (TPSA) is 12.0 Å². The van der Waals surface area contributed by atoms with Crippen molar-refractivity contribution in [2.45, 2.75) is 32.0 Å². The first kappa shape index (κ1) is 15.8. The average Bonchev–Trinajstić information content (AvgIpc) is 2.26. The lowest BCUT2D eigenvalue weighted by Gasteiger charge is -2.07. The SMILES string of the molecule is FC(F)(F)CCCCNCc1ccc(Cl)c(Br)c1. The van der Waals surface area contributed by atoms with E-state index >= 15 is 0 Å². The van der Waals surface area contributed by atoms with Gasteiger partial charge in [0.15, 0.2) is 0 Å². The third kappa shape index (κ3) is 6.61. The second-order valence-corrected chi connectivity index (χ2v) is 5.26. The van der Waals surface area contributed by atoms with Crippen LogP contribution in [0.1, 0.15) is 24.8 Å². The summed E-state index contributed by atoms with van der Waals surface area (Å²) in [5.41, 5.74) is 1.04. The van der Waals surface area contributed by atoms with Gasteiger partial charge < -0.3 is 5.32 Å². The Bertz CT molecular complexity index is 382. The standard InChI is InChI=1S/C12H14BrClF3N/c13-10-7-9(3-4-11(10)14)8-18-6-2-1-5-12(15,16)17/h3-4,7,18H,1-2,5-6,8H2. The van der Waals surface area contributed by atoms with E-state index in [1.165, 1.54) is 0 Å². The van der Waals surface area contributed by atoms with Crippen molar-refractivity contribution in [3.8, 4) is 0 Å². The molecule has 1 aromatic rings. The average molecular weight is 345 g/mol. The van der Waals surface area contributed by atoms with Crippen LogP contribution in [-0.4, -0.2) is 12.7 Å².